The van der Waals surface area contributed by atoms with Crippen molar-refractivity contribution in [1.82, 2.24) is 20.6 Å². The molecule has 0 aliphatic heterocycles. The van der Waals surface area contributed by atoms with E-state index in [4.69, 9.17) is 22.3 Å². The number of aliphatic hydroxyl groups is 1. The molecule has 0 saturated carbocycles. The molecule has 2 aromatic heterocycles. The molecule has 2 heterocycles. The fourth-order valence-corrected chi connectivity index (χ4v) is 4.37. The average molecular weight is 521 g/mol. The van der Waals surface area contributed by atoms with Crippen LogP contribution in [-0.2, 0) is 17.9 Å². The van der Waals surface area contributed by atoms with Crippen molar-refractivity contribution in [2.24, 2.45) is 5.73 Å². The van der Waals surface area contributed by atoms with Crippen LogP contribution in [0.2, 0.25) is 5.02 Å². The number of aliphatic hydroxyl groups excluding tert-OH is 1. The van der Waals surface area contributed by atoms with Crippen LogP contribution >= 0.6 is 11.6 Å². The summed E-state index contributed by atoms with van der Waals surface area (Å²) in [5, 5.41) is 22.1. The molecular weight excluding hydrogens is 492 g/mol. The quantitative estimate of drug-likeness (QED) is 0.143. The first-order valence-corrected chi connectivity index (χ1v) is 12.4. The Hall–Kier alpha value is -3.79. The highest BCUT2D eigenvalue weighted by Crippen LogP contribution is 2.29. The molecule has 4 rings (SSSR count). The molecule has 0 atom stereocenters. The van der Waals surface area contributed by atoms with Crippen molar-refractivity contribution in [2.45, 2.75) is 26.0 Å². The summed E-state index contributed by atoms with van der Waals surface area (Å²) < 4.78 is 0. The SMILES string of the molecule is NC(=O)c1ccc2c(c1)nc(NCCCNC(=O)CCNCc1cc(Cl)cc(CO)c1)c1ccncc12. The largest absolute Gasteiger partial charge is 0.392 e. The van der Waals surface area contributed by atoms with Gasteiger partial charge < -0.3 is 26.8 Å². The number of pyridine rings is 2. The highest BCUT2D eigenvalue weighted by Gasteiger charge is 2.11. The van der Waals surface area contributed by atoms with Gasteiger partial charge in [0.25, 0.3) is 0 Å². The van der Waals surface area contributed by atoms with Gasteiger partial charge in [0, 0.05) is 71.7 Å². The lowest BCUT2D eigenvalue weighted by atomic mass is 10.1. The van der Waals surface area contributed by atoms with Gasteiger partial charge in [-0.2, -0.15) is 0 Å². The Bertz CT molecular complexity index is 1430. The van der Waals surface area contributed by atoms with Gasteiger partial charge in [0.2, 0.25) is 11.8 Å². The van der Waals surface area contributed by atoms with Gasteiger partial charge in [0.1, 0.15) is 5.82 Å². The first-order valence-electron chi connectivity index (χ1n) is 12.0. The third-order valence-electron chi connectivity index (χ3n) is 5.91. The summed E-state index contributed by atoms with van der Waals surface area (Å²) >= 11 is 6.05. The molecular formula is C27H29ClN6O3. The van der Waals surface area contributed by atoms with Crippen molar-refractivity contribution in [3.63, 3.8) is 0 Å². The molecule has 2 aromatic carbocycles. The van der Waals surface area contributed by atoms with Crippen LogP contribution < -0.4 is 21.7 Å². The van der Waals surface area contributed by atoms with E-state index >= 15 is 0 Å². The third-order valence-corrected chi connectivity index (χ3v) is 6.13. The standard InChI is InChI=1S/C27H29ClN6O3/c28-20-11-17(10-18(12-20)16-35)14-30-9-5-25(36)32-6-1-7-33-27-22-4-8-31-15-23(22)21-3-2-19(26(29)37)13-24(21)34-27/h2-4,8,10-13,15,30,35H,1,5-7,9,14,16H2,(H2,29,37)(H,32,36)(H,33,34). The van der Waals surface area contributed by atoms with Crippen molar-refractivity contribution in [1.29, 1.82) is 0 Å². The van der Waals surface area contributed by atoms with E-state index in [9.17, 15) is 14.7 Å². The van der Waals surface area contributed by atoms with Crippen LogP contribution in [0.3, 0.4) is 0 Å². The Kier molecular flexibility index (Phi) is 8.84. The number of halogens is 1. The normalized spacial score (nSPS) is 11.1. The van der Waals surface area contributed by atoms with Crippen molar-refractivity contribution >= 4 is 50.9 Å². The number of primary amides is 1. The average Bonchev–Trinajstić information content (AvgIpc) is 2.90. The molecule has 0 spiro atoms. The van der Waals surface area contributed by atoms with Crippen LogP contribution in [0.5, 0.6) is 0 Å². The number of aromatic nitrogens is 2. The van der Waals surface area contributed by atoms with Crippen molar-refractivity contribution in [3.8, 4) is 0 Å². The van der Waals surface area contributed by atoms with E-state index in [0.29, 0.717) is 60.9 Å². The lowest BCUT2D eigenvalue weighted by molar-refractivity contribution is -0.121. The first-order chi connectivity index (χ1) is 17.9. The van der Waals surface area contributed by atoms with Gasteiger partial charge in [0.15, 0.2) is 0 Å². The van der Waals surface area contributed by atoms with Gasteiger partial charge in [-0.15, -0.1) is 0 Å². The number of hydrogen-bond donors (Lipinski definition) is 5. The number of nitrogens with one attached hydrogen (secondary N) is 3. The number of nitrogens with two attached hydrogens (primary N) is 1. The van der Waals surface area contributed by atoms with Crippen molar-refractivity contribution in [2.75, 3.05) is 25.0 Å². The maximum absolute atomic E-state index is 12.2. The molecule has 0 saturated heterocycles. The maximum Gasteiger partial charge on any atom is 0.248 e. The van der Waals surface area contributed by atoms with Crippen molar-refractivity contribution in [3.05, 3.63) is 76.6 Å². The number of amides is 2. The van der Waals surface area contributed by atoms with Crippen LogP contribution in [0.15, 0.2) is 54.9 Å². The molecule has 2 amide bonds. The smallest absolute Gasteiger partial charge is 0.248 e. The Morgan fingerprint density at radius 1 is 0.973 bits per heavy atom. The predicted molar refractivity (Wildman–Crippen MR) is 145 cm³/mol. The fourth-order valence-electron chi connectivity index (χ4n) is 4.09. The zero-order chi connectivity index (χ0) is 26.2. The number of carbonyl (C=O) groups excluding carboxylic acids is 2. The van der Waals surface area contributed by atoms with Gasteiger partial charge in [-0.25, -0.2) is 4.98 Å². The van der Waals surface area contributed by atoms with Gasteiger partial charge in [0.05, 0.1) is 12.1 Å². The summed E-state index contributed by atoms with van der Waals surface area (Å²) in [6.45, 7) is 2.16. The molecule has 9 nitrogen and oxygen atoms in total. The summed E-state index contributed by atoms with van der Waals surface area (Å²) in [4.78, 5) is 32.7. The van der Waals surface area contributed by atoms with Crippen molar-refractivity contribution < 1.29 is 14.7 Å². The zero-order valence-corrected chi connectivity index (χ0v) is 21.0. The molecule has 10 heteroatoms. The van der Waals surface area contributed by atoms with Gasteiger partial charge in [-0.1, -0.05) is 23.7 Å². The lowest BCUT2D eigenvalue weighted by Gasteiger charge is -2.12. The second kappa shape index (κ2) is 12.4. The first kappa shape index (κ1) is 26.3. The number of anilines is 1. The predicted octanol–water partition coefficient (Wildman–Crippen LogP) is 3.13. The molecule has 0 unspecified atom stereocenters. The summed E-state index contributed by atoms with van der Waals surface area (Å²) in [5.74, 6) is 0.150. The Balaban J connectivity index is 1.24. The monoisotopic (exact) mass is 520 g/mol. The van der Waals surface area contributed by atoms with E-state index in [-0.39, 0.29) is 12.5 Å². The molecule has 0 aliphatic rings. The van der Waals surface area contributed by atoms with Gasteiger partial charge >= 0.3 is 0 Å². The van der Waals surface area contributed by atoms with E-state index in [0.717, 1.165) is 27.3 Å². The van der Waals surface area contributed by atoms with Crippen LogP contribution in [0.1, 0.15) is 34.3 Å². The topological polar surface area (TPSA) is 142 Å². The molecule has 37 heavy (non-hydrogen) atoms. The summed E-state index contributed by atoms with van der Waals surface area (Å²) in [5.41, 5.74) is 8.20. The highest BCUT2D eigenvalue weighted by molar-refractivity contribution is 6.30. The third kappa shape index (κ3) is 6.91. The van der Waals surface area contributed by atoms with Gasteiger partial charge in [-0.05, 0) is 47.9 Å². The second-order valence-corrected chi connectivity index (χ2v) is 9.10. The maximum atomic E-state index is 12.2. The molecule has 0 radical (unpaired) electrons. The number of rotatable bonds is 12. The van der Waals surface area contributed by atoms with E-state index in [1.807, 2.05) is 24.3 Å². The van der Waals surface area contributed by atoms with E-state index in [1.54, 1.807) is 30.6 Å². The minimum absolute atomic E-state index is 0.0334. The summed E-state index contributed by atoms with van der Waals surface area (Å²) in [7, 11) is 0. The summed E-state index contributed by atoms with van der Waals surface area (Å²) in [6.07, 6.45) is 4.55. The molecule has 0 fully saturated rings. The van der Waals surface area contributed by atoms with E-state index in [2.05, 4.69) is 20.9 Å². The summed E-state index contributed by atoms with van der Waals surface area (Å²) in [6, 6.07) is 12.5. The van der Waals surface area contributed by atoms with Crippen LogP contribution in [0.4, 0.5) is 5.82 Å². The second-order valence-electron chi connectivity index (χ2n) is 8.66. The molecule has 0 bridgehead atoms. The molecule has 4 aromatic rings. The van der Waals surface area contributed by atoms with E-state index in [1.165, 1.54) is 0 Å². The Morgan fingerprint density at radius 2 is 1.81 bits per heavy atom. The Labute approximate surface area is 219 Å². The van der Waals surface area contributed by atoms with E-state index < -0.39 is 5.91 Å². The number of fused-ring (bicyclic) bond motifs is 3. The number of nitrogens with zero attached hydrogens (tertiary/aromatic N) is 2. The minimum atomic E-state index is -0.504. The molecule has 6 N–H and O–H groups in total. The highest BCUT2D eigenvalue weighted by atomic mass is 35.5. The minimum Gasteiger partial charge on any atom is -0.392 e. The zero-order valence-electron chi connectivity index (χ0n) is 20.3. The van der Waals surface area contributed by atoms with Crippen LogP contribution in [0.25, 0.3) is 21.7 Å². The number of hydrogen-bond acceptors (Lipinski definition) is 7. The van der Waals surface area contributed by atoms with Gasteiger partial charge in [-0.3, -0.25) is 14.6 Å². The molecule has 0 aliphatic carbocycles. The lowest BCUT2D eigenvalue weighted by Crippen LogP contribution is -2.29. The number of carbonyl (C=O) groups is 2. The molecule has 192 valence electrons. The van der Waals surface area contributed by atoms with Crippen LogP contribution in [-0.4, -0.2) is 46.5 Å². The number of benzene rings is 2. The van der Waals surface area contributed by atoms with Crippen LogP contribution in [0, 0.1) is 0 Å². The fraction of sp³-hybridized carbons (Fsp3) is 0.259. The Morgan fingerprint density at radius 3 is 2.62 bits per heavy atom.